The third kappa shape index (κ3) is 4.58. The maximum Gasteiger partial charge on any atom is 0.416 e. The molecule has 0 aromatic heterocycles. The van der Waals surface area contributed by atoms with Crippen molar-refractivity contribution in [3.8, 4) is 11.1 Å². The Kier molecular flexibility index (Phi) is 5.62. The average Bonchev–Trinajstić information content (AvgIpc) is 2.54. The zero-order chi connectivity index (χ0) is 17.7. The van der Waals surface area contributed by atoms with Gasteiger partial charge in [0.2, 0.25) is 0 Å². The Bertz CT molecular complexity index is 696. The molecule has 2 rings (SSSR count). The molecule has 2 N–H and O–H groups in total. The fourth-order valence-electron chi connectivity index (χ4n) is 2.32. The van der Waals surface area contributed by atoms with Crippen molar-refractivity contribution >= 4 is 5.97 Å². The van der Waals surface area contributed by atoms with Gasteiger partial charge in [-0.3, -0.25) is 4.79 Å². The highest BCUT2D eigenvalue weighted by Gasteiger charge is 2.29. The summed E-state index contributed by atoms with van der Waals surface area (Å²) in [6.07, 6.45) is -4.06. The van der Waals surface area contributed by atoms with Crippen molar-refractivity contribution in [1.82, 2.24) is 0 Å². The quantitative estimate of drug-likeness (QED) is 0.844. The van der Waals surface area contributed by atoms with Crippen LogP contribution in [0.4, 0.5) is 13.2 Å². The normalized spacial score (nSPS) is 12.7. The Hall–Kier alpha value is -2.34. The second-order valence-electron chi connectivity index (χ2n) is 5.34. The predicted molar refractivity (Wildman–Crippen MR) is 85.2 cm³/mol. The molecule has 0 aliphatic rings. The molecule has 0 saturated heterocycles. The molecule has 0 saturated carbocycles. The molecule has 1 atom stereocenters. The molecule has 2 aromatic rings. The van der Waals surface area contributed by atoms with Crippen molar-refractivity contribution in [3.63, 3.8) is 0 Å². The standard InChI is InChI=1S/C18H18F3NO2/c1-2-24-17(23)16(22)11-12-4-3-5-14(10-12)13-6-8-15(9-7-13)18(19,20)21/h3-10,16H,2,11,22H2,1H3/t16-/m0/s1. The van der Waals surface area contributed by atoms with Gasteiger partial charge >= 0.3 is 12.1 Å². The maximum atomic E-state index is 12.6. The lowest BCUT2D eigenvalue weighted by atomic mass is 9.99. The molecule has 3 nitrogen and oxygen atoms in total. The Balaban J connectivity index is 2.17. The number of hydrogen-bond acceptors (Lipinski definition) is 3. The largest absolute Gasteiger partial charge is 0.465 e. The summed E-state index contributed by atoms with van der Waals surface area (Å²) < 4.78 is 42.7. The summed E-state index contributed by atoms with van der Waals surface area (Å²) in [7, 11) is 0. The van der Waals surface area contributed by atoms with Gasteiger partial charge in [-0.15, -0.1) is 0 Å². The molecular weight excluding hydrogens is 319 g/mol. The summed E-state index contributed by atoms with van der Waals surface area (Å²) in [6, 6.07) is 11.4. The van der Waals surface area contributed by atoms with E-state index in [1.54, 1.807) is 19.1 Å². The predicted octanol–water partition coefficient (Wildman–Crippen LogP) is 3.81. The maximum absolute atomic E-state index is 12.6. The van der Waals surface area contributed by atoms with Crippen LogP contribution in [0.2, 0.25) is 0 Å². The van der Waals surface area contributed by atoms with Gasteiger partial charge in [-0.1, -0.05) is 36.4 Å². The third-order valence-corrected chi connectivity index (χ3v) is 3.52. The minimum atomic E-state index is -4.35. The highest BCUT2D eigenvalue weighted by Crippen LogP contribution is 2.31. The first-order valence-electron chi connectivity index (χ1n) is 7.50. The number of carbonyl (C=O) groups excluding carboxylic acids is 1. The highest BCUT2D eigenvalue weighted by atomic mass is 19.4. The zero-order valence-electron chi connectivity index (χ0n) is 13.1. The minimum Gasteiger partial charge on any atom is -0.465 e. The smallest absolute Gasteiger partial charge is 0.416 e. The Labute approximate surface area is 138 Å². The SMILES string of the molecule is CCOC(=O)[C@@H](N)Cc1cccc(-c2ccc(C(F)(F)F)cc2)c1. The van der Waals surface area contributed by atoms with E-state index >= 15 is 0 Å². The third-order valence-electron chi connectivity index (χ3n) is 3.52. The van der Waals surface area contributed by atoms with E-state index in [1.807, 2.05) is 12.1 Å². The molecule has 2 aromatic carbocycles. The van der Waals surface area contributed by atoms with Crippen LogP contribution in [0, 0.1) is 0 Å². The zero-order valence-corrected chi connectivity index (χ0v) is 13.1. The average molecular weight is 337 g/mol. The lowest BCUT2D eigenvalue weighted by Gasteiger charge is -2.12. The number of carbonyl (C=O) groups is 1. The summed E-state index contributed by atoms with van der Waals surface area (Å²) >= 11 is 0. The monoisotopic (exact) mass is 337 g/mol. The fourth-order valence-corrected chi connectivity index (χ4v) is 2.32. The molecule has 0 amide bonds. The summed E-state index contributed by atoms with van der Waals surface area (Å²) in [5, 5.41) is 0. The van der Waals surface area contributed by atoms with Crippen molar-refractivity contribution in [2.75, 3.05) is 6.61 Å². The van der Waals surface area contributed by atoms with E-state index < -0.39 is 23.8 Å². The summed E-state index contributed by atoms with van der Waals surface area (Å²) in [5.41, 5.74) is 7.34. The van der Waals surface area contributed by atoms with Crippen molar-refractivity contribution in [2.45, 2.75) is 25.6 Å². The van der Waals surface area contributed by atoms with Crippen LogP contribution < -0.4 is 5.73 Å². The number of hydrogen-bond donors (Lipinski definition) is 1. The van der Waals surface area contributed by atoms with Gasteiger partial charge in [0.25, 0.3) is 0 Å². The first kappa shape index (κ1) is 18.0. The molecule has 24 heavy (non-hydrogen) atoms. The molecule has 0 heterocycles. The molecule has 0 aliphatic heterocycles. The van der Waals surface area contributed by atoms with Crippen molar-refractivity contribution in [3.05, 3.63) is 59.7 Å². The van der Waals surface area contributed by atoms with Gasteiger partial charge in [-0.2, -0.15) is 13.2 Å². The van der Waals surface area contributed by atoms with E-state index in [0.717, 1.165) is 23.3 Å². The Morgan fingerprint density at radius 3 is 2.38 bits per heavy atom. The van der Waals surface area contributed by atoms with Crippen molar-refractivity contribution in [2.24, 2.45) is 5.73 Å². The van der Waals surface area contributed by atoms with Crippen molar-refractivity contribution < 1.29 is 22.7 Å². The molecule has 0 fully saturated rings. The molecule has 0 spiro atoms. The van der Waals surface area contributed by atoms with Crippen LogP contribution >= 0.6 is 0 Å². The van der Waals surface area contributed by atoms with E-state index in [1.165, 1.54) is 12.1 Å². The number of rotatable bonds is 5. The van der Waals surface area contributed by atoms with Gasteiger partial charge in [0.15, 0.2) is 0 Å². The lowest BCUT2D eigenvalue weighted by molar-refractivity contribution is -0.144. The molecule has 0 radical (unpaired) electrons. The van der Waals surface area contributed by atoms with Gasteiger partial charge in [-0.05, 0) is 42.2 Å². The first-order valence-corrected chi connectivity index (χ1v) is 7.50. The van der Waals surface area contributed by atoms with Crippen LogP contribution in [-0.2, 0) is 22.1 Å². The van der Waals surface area contributed by atoms with Crippen LogP contribution in [-0.4, -0.2) is 18.6 Å². The molecule has 0 aliphatic carbocycles. The number of nitrogens with two attached hydrogens (primary N) is 1. The fraction of sp³-hybridized carbons (Fsp3) is 0.278. The van der Waals surface area contributed by atoms with Crippen LogP contribution in [0.5, 0.6) is 0 Å². The van der Waals surface area contributed by atoms with Crippen molar-refractivity contribution in [1.29, 1.82) is 0 Å². The number of benzene rings is 2. The van der Waals surface area contributed by atoms with Crippen LogP contribution in [0.15, 0.2) is 48.5 Å². The second-order valence-corrected chi connectivity index (χ2v) is 5.34. The number of esters is 1. The highest BCUT2D eigenvalue weighted by molar-refractivity contribution is 5.76. The van der Waals surface area contributed by atoms with Gasteiger partial charge in [0.05, 0.1) is 12.2 Å². The number of halogens is 3. The van der Waals surface area contributed by atoms with E-state index in [4.69, 9.17) is 10.5 Å². The first-order chi connectivity index (χ1) is 11.3. The lowest BCUT2D eigenvalue weighted by Crippen LogP contribution is -2.34. The Morgan fingerprint density at radius 1 is 1.12 bits per heavy atom. The van der Waals surface area contributed by atoms with E-state index in [-0.39, 0.29) is 6.61 Å². The molecule has 128 valence electrons. The van der Waals surface area contributed by atoms with Gasteiger partial charge in [-0.25, -0.2) is 0 Å². The topological polar surface area (TPSA) is 52.3 Å². The van der Waals surface area contributed by atoms with E-state index in [2.05, 4.69) is 0 Å². The Morgan fingerprint density at radius 2 is 1.79 bits per heavy atom. The van der Waals surface area contributed by atoms with Gasteiger partial charge in [0.1, 0.15) is 6.04 Å². The second kappa shape index (κ2) is 7.49. The summed E-state index contributed by atoms with van der Waals surface area (Å²) in [5.74, 6) is -0.475. The van der Waals surface area contributed by atoms with Gasteiger partial charge in [0, 0.05) is 0 Å². The summed E-state index contributed by atoms with van der Waals surface area (Å²) in [6.45, 7) is 1.97. The van der Waals surface area contributed by atoms with Crippen LogP contribution in [0.1, 0.15) is 18.1 Å². The van der Waals surface area contributed by atoms with Crippen LogP contribution in [0.3, 0.4) is 0 Å². The van der Waals surface area contributed by atoms with E-state index in [0.29, 0.717) is 12.0 Å². The molecule has 0 bridgehead atoms. The molecule has 0 unspecified atom stereocenters. The number of alkyl halides is 3. The van der Waals surface area contributed by atoms with Gasteiger partial charge < -0.3 is 10.5 Å². The summed E-state index contributed by atoms with van der Waals surface area (Å²) in [4.78, 5) is 11.6. The van der Waals surface area contributed by atoms with Crippen LogP contribution in [0.25, 0.3) is 11.1 Å². The van der Waals surface area contributed by atoms with E-state index in [9.17, 15) is 18.0 Å². The molecule has 6 heteroatoms. The minimum absolute atomic E-state index is 0.262. The molecular formula is C18H18F3NO2. The number of ether oxygens (including phenoxy) is 1.